The summed E-state index contributed by atoms with van der Waals surface area (Å²) in [6.45, 7) is 5.86. The van der Waals surface area contributed by atoms with Crippen LogP contribution in [-0.2, 0) is 9.53 Å². The topological polar surface area (TPSA) is 41.6 Å². The SMILES string of the molecule is CC1NC(C2CCCC2)N(CC2CCOC2C)C1=O. The minimum absolute atomic E-state index is 0.0109. The molecule has 4 nitrogen and oxygen atoms in total. The lowest BCUT2D eigenvalue weighted by molar-refractivity contribution is -0.131. The summed E-state index contributed by atoms with van der Waals surface area (Å²) >= 11 is 0. The molecule has 1 saturated carbocycles. The van der Waals surface area contributed by atoms with Crippen LogP contribution in [0.2, 0.25) is 0 Å². The lowest BCUT2D eigenvalue weighted by atomic mass is 9.99. The van der Waals surface area contributed by atoms with Gasteiger partial charge in [0.2, 0.25) is 5.91 Å². The molecule has 0 spiro atoms. The van der Waals surface area contributed by atoms with Crippen molar-refractivity contribution in [1.82, 2.24) is 10.2 Å². The van der Waals surface area contributed by atoms with Crippen LogP contribution in [0.15, 0.2) is 0 Å². The maximum Gasteiger partial charge on any atom is 0.240 e. The van der Waals surface area contributed by atoms with E-state index in [9.17, 15) is 4.79 Å². The minimum atomic E-state index is -0.0109. The molecule has 108 valence electrons. The second-order valence-corrected chi connectivity index (χ2v) is 6.49. The standard InChI is InChI=1S/C15H26N2O2/c1-10-15(18)17(9-13-7-8-19-11(13)2)14(16-10)12-5-3-4-6-12/h10-14,16H,3-9H2,1-2H3. The third-order valence-electron chi connectivity index (χ3n) is 5.22. The van der Waals surface area contributed by atoms with Gasteiger partial charge in [-0.05, 0) is 39.0 Å². The van der Waals surface area contributed by atoms with E-state index in [0.717, 1.165) is 19.6 Å². The number of rotatable bonds is 3. The number of amides is 1. The summed E-state index contributed by atoms with van der Waals surface area (Å²) in [6.07, 6.45) is 6.85. The van der Waals surface area contributed by atoms with Crippen LogP contribution in [0, 0.1) is 11.8 Å². The Morgan fingerprint density at radius 2 is 2.00 bits per heavy atom. The van der Waals surface area contributed by atoms with Gasteiger partial charge in [-0.2, -0.15) is 0 Å². The maximum absolute atomic E-state index is 12.4. The van der Waals surface area contributed by atoms with E-state index >= 15 is 0 Å². The van der Waals surface area contributed by atoms with E-state index in [1.807, 2.05) is 6.92 Å². The first-order valence-corrected chi connectivity index (χ1v) is 7.85. The summed E-state index contributed by atoms with van der Waals surface area (Å²) < 4.78 is 5.64. The van der Waals surface area contributed by atoms with Crippen molar-refractivity contribution in [1.29, 1.82) is 0 Å². The minimum Gasteiger partial charge on any atom is -0.378 e. The van der Waals surface area contributed by atoms with Crippen molar-refractivity contribution in [3.8, 4) is 0 Å². The molecular formula is C15H26N2O2. The Labute approximate surface area is 115 Å². The number of hydrogen-bond acceptors (Lipinski definition) is 3. The highest BCUT2D eigenvalue weighted by molar-refractivity contribution is 5.84. The van der Waals surface area contributed by atoms with Crippen molar-refractivity contribution in [2.24, 2.45) is 11.8 Å². The predicted octanol–water partition coefficient (Wildman–Crippen LogP) is 1.75. The number of nitrogens with one attached hydrogen (secondary N) is 1. The molecule has 19 heavy (non-hydrogen) atoms. The van der Waals surface area contributed by atoms with Gasteiger partial charge in [-0.25, -0.2) is 0 Å². The molecule has 3 rings (SSSR count). The number of ether oxygens (including phenoxy) is 1. The molecule has 3 fully saturated rings. The van der Waals surface area contributed by atoms with Crippen LogP contribution in [0.1, 0.15) is 46.0 Å². The van der Waals surface area contributed by atoms with Crippen LogP contribution in [0.4, 0.5) is 0 Å². The second-order valence-electron chi connectivity index (χ2n) is 6.49. The van der Waals surface area contributed by atoms with Crippen LogP contribution in [-0.4, -0.2) is 42.3 Å². The Balaban J connectivity index is 1.69. The zero-order valence-electron chi connectivity index (χ0n) is 12.1. The molecule has 0 aromatic heterocycles. The Morgan fingerprint density at radius 3 is 2.63 bits per heavy atom. The molecule has 2 heterocycles. The molecule has 0 radical (unpaired) electrons. The molecule has 1 aliphatic carbocycles. The van der Waals surface area contributed by atoms with Crippen LogP contribution in [0.5, 0.6) is 0 Å². The monoisotopic (exact) mass is 266 g/mol. The average molecular weight is 266 g/mol. The largest absolute Gasteiger partial charge is 0.378 e. The molecular weight excluding hydrogens is 240 g/mol. The van der Waals surface area contributed by atoms with Gasteiger partial charge in [0, 0.05) is 19.1 Å². The third kappa shape index (κ3) is 2.52. The first-order chi connectivity index (χ1) is 9.16. The van der Waals surface area contributed by atoms with Crippen molar-refractivity contribution >= 4 is 5.91 Å². The molecule has 1 N–H and O–H groups in total. The maximum atomic E-state index is 12.4. The Kier molecular flexibility index (Phi) is 3.81. The van der Waals surface area contributed by atoms with Crippen LogP contribution >= 0.6 is 0 Å². The van der Waals surface area contributed by atoms with Crippen LogP contribution in [0.3, 0.4) is 0 Å². The van der Waals surface area contributed by atoms with Gasteiger partial charge in [-0.1, -0.05) is 12.8 Å². The third-order valence-corrected chi connectivity index (χ3v) is 5.22. The molecule has 0 bridgehead atoms. The first-order valence-electron chi connectivity index (χ1n) is 7.85. The molecule has 4 atom stereocenters. The molecule has 2 saturated heterocycles. The molecule has 0 aromatic carbocycles. The highest BCUT2D eigenvalue weighted by Gasteiger charge is 2.43. The zero-order chi connectivity index (χ0) is 13.4. The lowest BCUT2D eigenvalue weighted by Crippen LogP contribution is -2.45. The van der Waals surface area contributed by atoms with Gasteiger partial charge in [0.1, 0.15) is 0 Å². The fraction of sp³-hybridized carbons (Fsp3) is 0.933. The fourth-order valence-electron chi connectivity index (χ4n) is 3.94. The van der Waals surface area contributed by atoms with Gasteiger partial charge in [0.05, 0.1) is 18.3 Å². The Hall–Kier alpha value is -0.610. The van der Waals surface area contributed by atoms with E-state index in [1.165, 1.54) is 25.7 Å². The molecule has 0 aromatic rings. The summed E-state index contributed by atoms with van der Waals surface area (Å²) in [4.78, 5) is 14.5. The van der Waals surface area contributed by atoms with E-state index in [0.29, 0.717) is 17.9 Å². The number of hydrogen-bond donors (Lipinski definition) is 1. The highest BCUT2D eigenvalue weighted by Crippen LogP contribution is 2.33. The number of carbonyl (C=O) groups is 1. The summed E-state index contributed by atoms with van der Waals surface area (Å²) in [6, 6.07) is -0.0109. The summed E-state index contributed by atoms with van der Waals surface area (Å²) in [7, 11) is 0. The predicted molar refractivity (Wildman–Crippen MR) is 73.6 cm³/mol. The van der Waals surface area contributed by atoms with Crippen LogP contribution < -0.4 is 5.32 Å². The smallest absolute Gasteiger partial charge is 0.240 e. The Morgan fingerprint density at radius 1 is 1.26 bits per heavy atom. The van der Waals surface area contributed by atoms with Crippen molar-refractivity contribution < 1.29 is 9.53 Å². The van der Waals surface area contributed by atoms with Gasteiger partial charge >= 0.3 is 0 Å². The quantitative estimate of drug-likeness (QED) is 0.846. The van der Waals surface area contributed by atoms with Gasteiger partial charge in [0.15, 0.2) is 0 Å². The van der Waals surface area contributed by atoms with Crippen molar-refractivity contribution in [2.75, 3.05) is 13.2 Å². The van der Waals surface area contributed by atoms with Gasteiger partial charge in [-0.3, -0.25) is 10.1 Å². The molecule has 4 unspecified atom stereocenters. The van der Waals surface area contributed by atoms with E-state index < -0.39 is 0 Å². The molecule has 4 heteroatoms. The van der Waals surface area contributed by atoms with E-state index in [-0.39, 0.29) is 18.1 Å². The first kappa shape index (κ1) is 13.4. The number of nitrogens with zero attached hydrogens (tertiary/aromatic N) is 1. The Bertz CT molecular complexity index is 341. The lowest BCUT2D eigenvalue weighted by Gasteiger charge is -2.31. The average Bonchev–Trinajstić information content (AvgIpc) is 3.08. The normalized spacial score (nSPS) is 40.5. The van der Waals surface area contributed by atoms with Crippen molar-refractivity contribution in [3.05, 3.63) is 0 Å². The van der Waals surface area contributed by atoms with Gasteiger partial charge in [0.25, 0.3) is 0 Å². The zero-order valence-corrected chi connectivity index (χ0v) is 12.1. The van der Waals surface area contributed by atoms with E-state index in [4.69, 9.17) is 4.74 Å². The van der Waals surface area contributed by atoms with Gasteiger partial charge in [-0.15, -0.1) is 0 Å². The fourth-order valence-corrected chi connectivity index (χ4v) is 3.94. The van der Waals surface area contributed by atoms with Gasteiger partial charge < -0.3 is 9.64 Å². The molecule has 2 aliphatic heterocycles. The summed E-state index contributed by atoms with van der Waals surface area (Å²) in [5.74, 6) is 1.46. The van der Waals surface area contributed by atoms with E-state index in [1.54, 1.807) is 0 Å². The summed E-state index contributed by atoms with van der Waals surface area (Å²) in [5, 5.41) is 3.52. The molecule has 3 aliphatic rings. The van der Waals surface area contributed by atoms with E-state index in [2.05, 4.69) is 17.1 Å². The van der Waals surface area contributed by atoms with Crippen molar-refractivity contribution in [3.63, 3.8) is 0 Å². The summed E-state index contributed by atoms with van der Waals surface area (Å²) in [5.41, 5.74) is 0. The second kappa shape index (κ2) is 5.41. The van der Waals surface area contributed by atoms with Crippen LogP contribution in [0.25, 0.3) is 0 Å². The molecule has 1 amide bonds. The highest BCUT2D eigenvalue weighted by atomic mass is 16.5. The van der Waals surface area contributed by atoms with Crippen molar-refractivity contribution in [2.45, 2.75) is 64.3 Å². The number of carbonyl (C=O) groups excluding carboxylic acids is 1.